The van der Waals surface area contributed by atoms with E-state index in [4.69, 9.17) is 0 Å². The van der Waals surface area contributed by atoms with Gasteiger partial charge in [-0.1, -0.05) is 6.92 Å². The van der Waals surface area contributed by atoms with E-state index in [2.05, 4.69) is 22.7 Å². The molecule has 100 valence electrons. The molecular formula is C13H22N4O. The molecule has 1 fully saturated rings. The summed E-state index contributed by atoms with van der Waals surface area (Å²) in [5.41, 5.74) is 2.19. The molecule has 18 heavy (non-hydrogen) atoms. The third-order valence-electron chi connectivity index (χ3n) is 3.95. The van der Waals surface area contributed by atoms with E-state index in [1.807, 2.05) is 31.8 Å². The van der Waals surface area contributed by atoms with Gasteiger partial charge in [-0.3, -0.25) is 9.48 Å². The molecule has 2 rings (SSSR count). The number of nitrogens with one attached hydrogen (secondary N) is 2. The first-order chi connectivity index (χ1) is 8.50. The minimum Gasteiger partial charge on any atom is -0.349 e. The number of hydrogen-bond acceptors (Lipinski definition) is 3. The maximum Gasteiger partial charge on any atom is 0.225 e. The van der Waals surface area contributed by atoms with Gasteiger partial charge in [0.05, 0.1) is 18.2 Å². The lowest BCUT2D eigenvalue weighted by Gasteiger charge is -2.19. The van der Waals surface area contributed by atoms with Crippen LogP contribution >= 0.6 is 0 Å². The maximum absolute atomic E-state index is 12.2. The largest absolute Gasteiger partial charge is 0.349 e. The highest BCUT2D eigenvalue weighted by molar-refractivity contribution is 5.80. The lowest BCUT2D eigenvalue weighted by atomic mass is 9.96. The predicted molar refractivity (Wildman–Crippen MR) is 70.0 cm³/mol. The molecule has 0 spiro atoms. The van der Waals surface area contributed by atoms with Gasteiger partial charge in [-0.15, -0.1) is 0 Å². The van der Waals surface area contributed by atoms with Gasteiger partial charge >= 0.3 is 0 Å². The van der Waals surface area contributed by atoms with Crippen molar-refractivity contribution in [1.82, 2.24) is 20.4 Å². The molecule has 1 aliphatic heterocycles. The highest BCUT2D eigenvalue weighted by Gasteiger charge is 2.30. The Kier molecular flexibility index (Phi) is 3.71. The molecule has 0 radical (unpaired) electrons. The van der Waals surface area contributed by atoms with Crippen LogP contribution in [0.5, 0.6) is 0 Å². The lowest BCUT2D eigenvalue weighted by molar-refractivity contribution is -0.126. The van der Waals surface area contributed by atoms with Gasteiger partial charge in [0.2, 0.25) is 5.91 Å². The molecule has 0 bridgehead atoms. The van der Waals surface area contributed by atoms with Crippen molar-refractivity contribution in [3.05, 3.63) is 17.5 Å². The first-order valence-corrected chi connectivity index (χ1v) is 6.50. The lowest BCUT2D eigenvalue weighted by Crippen LogP contribution is -2.36. The van der Waals surface area contributed by atoms with Crippen LogP contribution in [0.15, 0.2) is 6.20 Å². The summed E-state index contributed by atoms with van der Waals surface area (Å²) in [6.45, 7) is 7.86. The smallest absolute Gasteiger partial charge is 0.225 e. The molecule has 1 unspecified atom stereocenters. The highest BCUT2D eigenvalue weighted by Crippen LogP contribution is 2.20. The quantitative estimate of drug-likeness (QED) is 0.832. The van der Waals surface area contributed by atoms with E-state index in [0.29, 0.717) is 5.92 Å². The van der Waals surface area contributed by atoms with Crippen LogP contribution in [0.1, 0.15) is 31.1 Å². The molecule has 1 aliphatic rings. The number of rotatable bonds is 3. The normalized spacial score (nSPS) is 25.1. The zero-order valence-electron chi connectivity index (χ0n) is 11.5. The summed E-state index contributed by atoms with van der Waals surface area (Å²) in [6.07, 6.45) is 1.83. The van der Waals surface area contributed by atoms with Crippen molar-refractivity contribution in [3.63, 3.8) is 0 Å². The monoisotopic (exact) mass is 250 g/mol. The Labute approximate surface area is 108 Å². The summed E-state index contributed by atoms with van der Waals surface area (Å²) >= 11 is 0. The van der Waals surface area contributed by atoms with Gasteiger partial charge in [0.25, 0.3) is 0 Å². The highest BCUT2D eigenvalue weighted by atomic mass is 16.2. The number of aromatic nitrogens is 2. The Morgan fingerprint density at radius 3 is 2.83 bits per heavy atom. The summed E-state index contributed by atoms with van der Waals surface area (Å²) in [5.74, 6) is 0.639. The van der Waals surface area contributed by atoms with Gasteiger partial charge in [-0.2, -0.15) is 5.10 Å². The fourth-order valence-corrected chi connectivity index (χ4v) is 2.50. The number of nitrogens with zero attached hydrogens (tertiary/aromatic N) is 2. The molecule has 5 nitrogen and oxygen atoms in total. The third-order valence-corrected chi connectivity index (χ3v) is 3.95. The van der Waals surface area contributed by atoms with Gasteiger partial charge in [-0.25, -0.2) is 0 Å². The Morgan fingerprint density at radius 1 is 1.61 bits per heavy atom. The van der Waals surface area contributed by atoms with Crippen LogP contribution in [-0.4, -0.2) is 28.8 Å². The van der Waals surface area contributed by atoms with Crippen LogP contribution in [0.2, 0.25) is 0 Å². The number of aryl methyl sites for hydroxylation is 1. The molecule has 0 aliphatic carbocycles. The SMILES string of the molecule is Cc1c(C(C)NC(=O)[C@@H]2CNC[C@H]2C)cnn1C. The zero-order chi connectivity index (χ0) is 13.3. The average Bonchev–Trinajstić information content (AvgIpc) is 2.87. The van der Waals surface area contributed by atoms with Gasteiger partial charge < -0.3 is 10.6 Å². The molecule has 1 aromatic heterocycles. The van der Waals surface area contributed by atoms with Crippen molar-refractivity contribution in [1.29, 1.82) is 0 Å². The summed E-state index contributed by atoms with van der Waals surface area (Å²) in [7, 11) is 1.91. The molecule has 1 aromatic rings. The second-order valence-electron chi connectivity index (χ2n) is 5.28. The Bertz CT molecular complexity index is 440. The molecule has 2 N–H and O–H groups in total. The molecule has 1 amide bonds. The summed E-state index contributed by atoms with van der Waals surface area (Å²) in [6, 6.07) is 0.0130. The van der Waals surface area contributed by atoms with Crippen molar-refractivity contribution in [2.45, 2.75) is 26.8 Å². The average molecular weight is 250 g/mol. The standard InChI is InChI=1S/C13H22N4O/c1-8-5-14-6-11(8)13(18)16-9(2)12-7-15-17(4)10(12)3/h7-9,11,14H,5-6H2,1-4H3,(H,16,18)/t8-,9?,11-/m1/s1. The van der Waals surface area contributed by atoms with Gasteiger partial charge in [0.1, 0.15) is 0 Å². The minimum absolute atomic E-state index is 0.0130. The van der Waals surface area contributed by atoms with Crippen molar-refractivity contribution >= 4 is 5.91 Å². The van der Waals surface area contributed by atoms with E-state index in [1.54, 1.807) is 0 Å². The molecule has 5 heteroatoms. The summed E-state index contributed by atoms with van der Waals surface area (Å²) in [4.78, 5) is 12.2. The minimum atomic E-state index is 0.0130. The first kappa shape index (κ1) is 13.1. The van der Waals surface area contributed by atoms with Crippen LogP contribution in [0.3, 0.4) is 0 Å². The van der Waals surface area contributed by atoms with Crippen LogP contribution < -0.4 is 10.6 Å². The van der Waals surface area contributed by atoms with Crippen LogP contribution in [0, 0.1) is 18.8 Å². The van der Waals surface area contributed by atoms with Gasteiger partial charge in [0.15, 0.2) is 0 Å². The number of hydrogen-bond donors (Lipinski definition) is 2. The molecule has 1 saturated heterocycles. The van der Waals surface area contributed by atoms with E-state index in [9.17, 15) is 4.79 Å². The van der Waals surface area contributed by atoms with Crippen molar-refractivity contribution in [2.24, 2.45) is 18.9 Å². The molecule has 2 heterocycles. The van der Waals surface area contributed by atoms with E-state index < -0.39 is 0 Å². The van der Waals surface area contributed by atoms with Crippen LogP contribution in [-0.2, 0) is 11.8 Å². The predicted octanol–water partition coefficient (Wildman–Crippen LogP) is 0.761. The second-order valence-corrected chi connectivity index (χ2v) is 5.28. The maximum atomic E-state index is 12.2. The summed E-state index contributed by atoms with van der Waals surface area (Å²) < 4.78 is 1.83. The number of amides is 1. The van der Waals surface area contributed by atoms with Gasteiger partial charge in [0, 0.05) is 24.8 Å². The zero-order valence-corrected chi connectivity index (χ0v) is 11.5. The van der Waals surface area contributed by atoms with Gasteiger partial charge in [-0.05, 0) is 26.3 Å². The molecule has 0 aromatic carbocycles. The van der Waals surface area contributed by atoms with E-state index in [1.165, 1.54) is 0 Å². The molecule has 3 atom stereocenters. The van der Waals surface area contributed by atoms with Crippen molar-refractivity contribution in [3.8, 4) is 0 Å². The summed E-state index contributed by atoms with van der Waals surface area (Å²) in [5, 5.41) is 10.6. The second kappa shape index (κ2) is 5.10. The number of carbonyl (C=O) groups excluding carboxylic acids is 1. The molecular weight excluding hydrogens is 228 g/mol. The fraction of sp³-hybridized carbons (Fsp3) is 0.692. The Balaban J connectivity index is 2.01. The first-order valence-electron chi connectivity index (χ1n) is 6.50. The Hall–Kier alpha value is -1.36. The number of carbonyl (C=O) groups is 1. The fourth-order valence-electron chi connectivity index (χ4n) is 2.50. The van der Waals surface area contributed by atoms with Crippen molar-refractivity contribution in [2.75, 3.05) is 13.1 Å². The van der Waals surface area contributed by atoms with Crippen LogP contribution in [0.25, 0.3) is 0 Å². The molecule has 0 saturated carbocycles. The van der Waals surface area contributed by atoms with E-state index >= 15 is 0 Å². The third kappa shape index (κ3) is 2.41. The Morgan fingerprint density at radius 2 is 2.33 bits per heavy atom. The topological polar surface area (TPSA) is 59.0 Å². The van der Waals surface area contributed by atoms with E-state index in [-0.39, 0.29) is 17.9 Å². The van der Waals surface area contributed by atoms with Crippen LogP contribution in [0.4, 0.5) is 0 Å². The van der Waals surface area contributed by atoms with Crippen molar-refractivity contribution < 1.29 is 4.79 Å². The van der Waals surface area contributed by atoms with E-state index in [0.717, 1.165) is 24.3 Å².